The summed E-state index contributed by atoms with van der Waals surface area (Å²) in [5.74, 6) is -0.654. The molecular weight excluding hydrogens is 182 g/mol. The SMILES string of the molecule is CC1C(O)=C(Cl)C=CC1[N+](=O)[O-]. The van der Waals surface area contributed by atoms with Crippen molar-refractivity contribution in [1.82, 2.24) is 0 Å². The topological polar surface area (TPSA) is 63.4 Å². The molecule has 1 aliphatic carbocycles. The van der Waals surface area contributed by atoms with Crippen LogP contribution in [0.1, 0.15) is 6.92 Å². The summed E-state index contributed by atoms with van der Waals surface area (Å²) in [6.07, 6.45) is 2.73. The molecule has 5 heteroatoms. The zero-order valence-corrected chi connectivity index (χ0v) is 7.15. The van der Waals surface area contributed by atoms with E-state index in [0.717, 1.165) is 0 Å². The Kier molecular flexibility index (Phi) is 2.38. The van der Waals surface area contributed by atoms with Crippen LogP contribution in [0.15, 0.2) is 22.9 Å². The summed E-state index contributed by atoms with van der Waals surface area (Å²) in [6, 6.07) is -0.868. The number of rotatable bonds is 1. The number of hydrogen-bond acceptors (Lipinski definition) is 3. The quantitative estimate of drug-likeness (QED) is 0.506. The van der Waals surface area contributed by atoms with Crippen molar-refractivity contribution < 1.29 is 10.0 Å². The minimum Gasteiger partial charge on any atom is -0.510 e. The van der Waals surface area contributed by atoms with Gasteiger partial charge in [-0.05, 0) is 19.1 Å². The third kappa shape index (κ3) is 1.43. The maximum atomic E-state index is 10.4. The van der Waals surface area contributed by atoms with Crippen LogP contribution in [0.3, 0.4) is 0 Å². The second-order valence-electron chi connectivity index (χ2n) is 2.66. The molecule has 2 unspecified atom stereocenters. The Labute approximate surface area is 74.3 Å². The highest BCUT2D eigenvalue weighted by atomic mass is 35.5. The molecule has 2 atom stereocenters. The molecule has 0 spiro atoms. The third-order valence-corrected chi connectivity index (χ3v) is 2.19. The second-order valence-corrected chi connectivity index (χ2v) is 3.06. The van der Waals surface area contributed by atoms with Crippen molar-refractivity contribution in [3.8, 4) is 0 Å². The Morgan fingerprint density at radius 3 is 2.83 bits per heavy atom. The van der Waals surface area contributed by atoms with Gasteiger partial charge in [-0.15, -0.1) is 0 Å². The van der Waals surface area contributed by atoms with Gasteiger partial charge in [-0.2, -0.15) is 0 Å². The lowest BCUT2D eigenvalue weighted by molar-refractivity contribution is -0.517. The molecule has 0 aromatic rings. The number of allylic oxidation sites excluding steroid dienone is 2. The number of aliphatic hydroxyl groups excluding tert-OH is 1. The Morgan fingerprint density at radius 2 is 2.33 bits per heavy atom. The van der Waals surface area contributed by atoms with E-state index in [9.17, 15) is 15.2 Å². The van der Waals surface area contributed by atoms with Crippen LogP contribution in [0.2, 0.25) is 0 Å². The number of hydrogen-bond donors (Lipinski definition) is 1. The molecular formula is C7H8ClNO3. The van der Waals surface area contributed by atoms with Gasteiger partial charge < -0.3 is 5.11 Å². The lowest BCUT2D eigenvalue weighted by Gasteiger charge is -2.17. The molecule has 0 saturated carbocycles. The molecule has 1 aliphatic rings. The van der Waals surface area contributed by atoms with E-state index in [1.54, 1.807) is 6.92 Å². The van der Waals surface area contributed by atoms with E-state index in [4.69, 9.17) is 11.6 Å². The standard InChI is InChI=1S/C7H8ClNO3/c1-4-6(9(11)12)3-2-5(8)7(4)10/h2-4,6,10H,1H3. The van der Waals surface area contributed by atoms with E-state index in [1.165, 1.54) is 12.2 Å². The summed E-state index contributed by atoms with van der Waals surface area (Å²) in [5.41, 5.74) is 0. The zero-order chi connectivity index (χ0) is 9.30. The van der Waals surface area contributed by atoms with Crippen molar-refractivity contribution in [2.75, 3.05) is 0 Å². The number of nitrogens with zero attached hydrogens (tertiary/aromatic N) is 1. The fourth-order valence-electron chi connectivity index (χ4n) is 1.07. The van der Waals surface area contributed by atoms with Crippen molar-refractivity contribution >= 4 is 11.6 Å². The number of nitro groups is 1. The average Bonchev–Trinajstić information content (AvgIpc) is 2.00. The van der Waals surface area contributed by atoms with Crippen LogP contribution in [0.4, 0.5) is 0 Å². The van der Waals surface area contributed by atoms with Gasteiger partial charge in [-0.25, -0.2) is 0 Å². The first-order chi connectivity index (χ1) is 5.54. The number of halogens is 1. The van der Waals surface area contributed by atoms with Crippen molar-refractivity contribution in [2.45, 2.75) is 13.0 Å². The van der Waals surface area contributed by atoms with E-state index in [1.807, 2.05) is 0 Å². The fourth-order valence-corrected chi connectivity index (χ4v) is 1.31. The van der Waals surface area contributed by atoms with E-state index in [2.05, 4.69) is 0 Å². The van der Waals surface area contributed by atoms with Gasteiger partial charge in [0.05, 0.1) is 11.0 Å². The first-order valence-electron chi connectivity index (χ1n) is 3.44. The predicted molar refractivity (Wildman–Crippen MR) is 44.6 cm³/mol. The minimum absolute atomic E-state index is 0.110. The van der Waals surface area contributed by atoms with Crippen molar-refractivity contribution in [1.29, 1.82) is 0 Å². The monoisotopic (exact) mass is 189 g/mol. The Hall–Kier alpha value is -1.03. The summed E-state index contributed by atoms with van der Waals surface area (Å²) >= 11 is 5.55. The van der Waals surface area contributed by atoms with Gasteiger partial charge in [0.1, 0.15) is 5.76 Å². The van der Waals surface area contributed by atoms with Crippen molar-refractivity contribution in [3.63, 3.8) is 0 Å². The molecule has 0 amide bonds. The Morgan fingerprint density at radius 1 is 1.75 bits per heavy atom. The molecule has 0 aromatic carbocycles. The molecule has 1 rings (SSSR count). The molecule has 4 nitrogen and oxygen atoms in total. The fraction of sp³-hybridized carbons (Fsp3) is 0.429. The highest BCUT2D eigenvalue weighted by molar-refractivity contribution is 6.31. The molecule has 0 aromatic heterocycles. The minimum atomic E-state index is -0.868. The van der Waals surface area contributed by atoms with E-state index in [0.29, 0.717) is 0 Å². The summed E-state index contributed by atoms with van der Waals surface area (Å²) in [7, 11) is 0. The third-order valence-electron chi connectivity index (χ3n) is 1.87. The second kappa shape index (κ2) is 3.15. The van der Waals surface area contributed by atoms with Crippen LogP contribution in [0.5, 0.6) is 0 Å². The molecule has 66 valence electrons. The lowest BCUT2D eigenvalue weighted by atomic mass is 9.96. The van der Waals surface area contributed by atoms with Gasteiger partial charge in [0.2, 0.25) is 6.04 Å². The molecule has 0 heterocycles. The normalized spacial score (nSPS) is 29.2. The summed E-state index contributed by atoms with van der Waals surface area (Å²) in [6.45, 7) is 1.56. The smallest absolute Gasteiger partial charge is 0.241 e. The van der Waals surface area contributed by atoms with Gasteiger partial charge in [-0.1, -0.05) is 11.6 Å². The van der Waals surface area contributed by atoms with Crippen LogP contribution in [-0.2, 0) is 0 Å². The molecule has 0 radical (unpaired) electrons. The van der Waals surface area contributed by atoms with Gasteiger partial charge in [0.25, 0.3) is 0 Å². The molecule has 0 saturated heterocycles. The van der Waals surface area contributed by atoms with Crippen molar-refractivity contribution in [3.05, 3.63) is 33.1 Å². The van der Waals surface area contributed by atoms with Crippen LogP contribution in [-0.4, -0.2) is 16.1 Å². The van der Waals surface area contributed by atoms with Gasteiger partial charge >= 0.3 is 0 Å². The molecule has 1 N–H and O–H groups in total. The summed E-state index contributed by atoms with van der Waals surface area (Å²) in [4.78, 5) is 9.95. The lowest BCUT2D eigenvalue weighted by Crippen LogP contribution is -2.28. The summed E-state index contributed by atoms with van der Waals surface area (Å²) in [5, 5.41) is 19.8. The zero-order valence-electron chi connectivity index (χ0n) is 6.40. The maximum absolute atomic E-state index is 10.4. The van der Waals surface area contributed by atoms with Crippen LogP contribution in [0.25, 0.3) is 0 Å². The molecule has 0 fully saturated rings. The van der Waals surface area contributed by atoms with Gasteiger partial charge in [0.15, 0.2) is 0 Å². The van der Waals surface area contributed by atoms with Gasteiger partial charge in [-0.3, -0.25) is 10.1 Å². The maximum Gasteiger partial charge on any atom is 0.241 e. The molecule has 0 aliphatic heterocycles. The summed E-state index contributed by atoms with van der Waals surface area (Å²) < 4.78 is 0. The Bertz CT molecular complexity index is 272. The molecule has 0 bridgehead atoms. The van der Waals surface area contributed by atoms with E-state index >= 15 is 0 Å². The van der Waals surface area contributed by atoms with Crippen LogP contribution >= 0.6 is 11.6 Å². The highest BCUT2D eigenvalue weighted by Gasteiger charge is 2.32. The molecule has 12 heavy (non-hydrogen) atoms. The Balaban J connectivity index is 2.92. The first kappa shape index (κ1) is 9.06. The predicted octanol–water partition coefficient (Wildman–Crippen LogP) is 1.85. The van der Waals surface area contributed by atoms with Gasteiger partial charge in [0, 0.05) is 4.92 Å². The van der Waals surface area contributed by atoms with Crippen molar-refractivity contribution in [2.24, 2.45) is 5.92 Å². The first-order valence-corrected chi connectivity index (χ1v) is 3.82. The number of aliphatic hydroxyl groups is 1. The van der Waals surface area contributed by atoms with Crippen LogP contribution < -0.4 is 0 Å². The highest BCUT2D eigenvalue weighted by Crippen LogP contribution is 2.26. The largest absolute Gasteiger partial charge is 0.510 e. The average molecular weight is 190 g/mol. The van der Waals surface area contributed by atoms with E-state index in [-0.39, 0.29) is 10.8 Å². The van der Waals surface area contributed by atoms with Crippen LogP contribution in [0, 0.1) is 16.0 Å². The van der Waals surface area contributed by atoms with E-state index < -0.39 is 16.9 Å².